The van der Waals surface area contributed by atoms with Gasteiger partial charge in [0.05, 0.1) is 0 Å². The van der Waals surface area contributed by atoms with Gasteiger partial charge in [0, 0.05) is 6.54 Å². The number of carbonyl (C=O) groups is 1. The van der Waals surface area contributed by atoms with E-state index in [2.05, 4.69) is 5.32 Å². The third kappa shape index (κ3) is 3.34. The number of aliphatic hydroxyl groups is 1. The zero-order valence-corrected chi connectivity index (χ0v) is 6.42. The lowest BCUT2D eigenvalue weighted by molar-refractivity contribution is -0.125. The maximum absolute atomic E-state index is 10.3. The van der Waals surface area contributed by atoms with E-state index in [1.807, 2.05) is 0 Å². The van der Waals surface area contributed by atoms with Crippen molar-refractivity contribution in [2.24, 2.45) is 11.7 Å². The number of rotatable bonds is 5. The van der Waals surface area contributed by atoms with Gasteiger partial charge in [-0.25, -0.2) is 0 Å². The first-order chi connectivity index (χ1) is 5.20. The smallest absolute Gasteiger partial charge is 0.247 e. The summed E-state index contributed by atoms with van der Waals surface area (Å²) in [4.78, 5) is 10.3. The number of amides is 1. The second-order valence-electron chi connectivity index (χ2n) is 3.02. The molecule has 0 bridgehead atoms. The van der Waals surface area contributed by atoms with Crippen molar-refractivity contribution in [2.75, 3.05) is 13.1 Å². The number of hydrogen-bond donors (Lipinski definition) is 3. The molecule has 4 N–H and O–H groups in total. The Kier molecular flexibility index (Phi) is 2.84. The zero-order valence-electron chi connectivity index (χ0n) is 6.42. The molecule has 4 heteroatoms. The average molecular weight is 158 g/mol. The minimum Gasteiger partial charge on any atom is -0.382 e. The maximum atomic E-state index is 10.3. The molecule has 1 rings (SSSR count). The van der Waals surface area contributed by atoms with Gasteiger partial charge in [0.15, 0.2) is 0 Å². The quantitative estimate of drug-likeness (QED) is 0.472. The van der Waals surface area contributed by atoms with Crippen LogP contribution in [0.1, 0.15) is 12.8 Å². The second-order valence-corrected chi connectivity index (χ2v) is 3.02. The molecule has 0 spiro atoms. The largest absolute Gasteiger partial charge is 0.382 e. The number of carbonyl (C=O) groups excluding carboxylic acids is 1. The maximum Gasteiger partial charge on any atom is 0.247 e. The molecular formula is C7H14N2O2. The van der Waals surface area contributed by atoms with E-state index in [9.17, 15) is 4.79 Å². The van der Waals surface area contributed by atoms with Crippen LogP contribution in [-0.2, 0) is 4.79 Å². The van der Waals surface area contributed by atoms with Crippen molar-refractivity contribution >= 4 is 5.91 Å². The highest BCUT2D eigenvalue weighted by Gasteiger charge is 2.21. The summed E-state index contributed by atoms with van der Waals surface area (Å²) < 4.78 is 0. The second kappa shape index (κ2) is 3.69. The Balaban J connectivity index is 1.96. The van der Waals surface area contributed by atoms with Crippen molar-refractivity contribution in [3.05, 3.63) is 0 Å². The van der Waals surface area contributed by atoms with E-state index in [-0.39, 0.29) is 6.54 Å². The fraction of sp³-hybridized carbons (Fsp3) is 0.857. The summed E-state index contributed by atoms with van der Waals surface area (Å²) in [5.74, 6) is 0.100. The fourth-order valence-electron chi connectivity index (χ4n) is 0.847. The van der Waals surface area contributed by atoms with Crippen LogP contribution in [0, 0.1) is 5.92 Å². The van der Waals surface area contributed by atoms with Crippen LogP contribution in [0.4, 0.5) is 0 Å². The zero-order chi connectivity index (χ0) is 8.27. The number of primary amides is 1. The molecule has 1 aliphatic carbocycles. The summed E-state index contributed by atoms with van der Waals surface area (Å²) in [6.45, 7) is 1.18. The lowest BCUT2D eigenvalue weighted by Gasteiger charge is -2.06. The van der Waals surface area contributed by atoms with Crippen LogP contribution in [0.25, 0.3) is 0 Å². The summed E-state index contributed by atoms with van der Waals surface area (Å²) in [6, 6.07) is 0. The topological polar surface area (TPSA) is 75.4 Å². The molecule has 0 aliphatic heterocycles. The Morgan fingerprint density at radius 1 is 1.73 bits per heavy atom. The Labute approximate surface area is 65.8 Å². The van der Waals surface area contributed by atoms with Crippen LogP contribution in [0.5, 0.6) is 0 Å². The molecule has 1 aliphatic rings. The molecule has 0 saturated heterocycles. The predicted molar refractivity (Wildman–Crippen MR) is 40.8 cm³/mol. The molecule has 64 valence electrons. The first kappa shape index (κ1) is 8.49. The third-order valence-corrected chi connectivity index (χ3v) is 1.80. The SMILES string of the molecule is NC(=O)C(O)CNCC1CC1. The number of hydrogen-bond acceptors (Lipinski definition) is 3. The Morgan fingerprint density at radius 3 is 2.82 bits per heavy atom. The van der Waals surface area contributed by atoms with E-state index in [0.717, 1.165) is 12.5 Å². The van der Waals surface area contributed by atoms with Gasteiger partial charge in [0.25, 0.3) is 0 Å². The molecule has 0 aromatic carbocycles. The number of nitrogens with two attached hydrogens (primary N) is 1. The van der Waals surface area contributed by atoms with Crippen LogP contribution in [0.3, 0.4) is 0 Å². The van der Waals surface area contributed by atoms with E-state index in [4.69, 9.17) is 10.8 Å². The van der Waals surface area contributed by atoms with Gasteiger partial charge < -0.3 is 16.2 Å². The summed E-state index contributed by atoms with van der Waals surface area (Å²) in [7, 11) is 0. The highest BCUT2D eigenvalue weighted by molar-refractivity contribution is 5.78. The fourth-order valence-corrected chi connectivity index (χ4v) is 0.847. The lowest BCUT2D eigenvalue weighted by atomic mass is 10.3. The van der Waals surface area contributed by atoms with Gasteiger partial charge in [-0.3, -0.25) is 4.79 Å². The van der Waals surface area contributed by atoms with E-state index in [1.54, 1.807) is 0 Å². The molecule has 1 saturated carbocycles. The van der Waals surface area contributed by atoms with Crippen molar-refractivity contribution in [1.82, 2.24) is 5.32 Å². The van der Waals surface area contributed by atoms with Crippen LogP contribution in [-0.4, -0.2) is 30.2 Å². The normalized spacial score (nSPS) is 19.7. The first-order valence-corrected chi connectivity index (χ1v) is 3.88. The van der Waals surface area contributed by atoms with Crippen molar-refractivity contribution in [2.45, 2.75) is 18.9 Å². The first-order valence-electron chi connectivity index (χ1n) is 3.88. The van der Waals surface area contributed by atoms with Gasteiger partial charge in [-0.15, -0.1) is 0 Å². The van der Waals surface area contributed by atoms with Gasteiger partial charge in [-0.1, -0.05) is 0 Å². The average Bonchev–Trinajstić information content (AvgIpc) is 2.71. The van der Waals surface area contributed by atoms with Crippen molar-refractivity contribution in [3.63, 3.8) is 0 Å². The number of aliphatic hydroxyl groups excluding tert-OH is 1. The van der Waals surface area contributed by atoms with Gasteiger partial charge in [0.2, 0.25) is 5.91 Å². The summed E-state index contributed by atoms with van der Waals surface area (Å²) in [6.07, 6.45) is 1.49. The van der Waals surface area contributed by atoms with E-state index in [1.165, 1.54) is 12.8 Å². The molecule has 1 atom stereocenters. The van der Waals surface area contributed by atoms with E-state index < -0.39 is 12.0 Å². The highest BCUT2D eigenvalue weighted by atomic mass is 16.3. The monoisotopic (exact) mass is 158 g/mol. The van der Waals surface area contributed by atoms with Crippen molar-refractivity contribution in [3.8, 4) is 0 Å². The third-order valence-electron chi connectivity index (χ3n) is 1.80. The standard InChI is InChI=1S/C7H14N2O2/c8-7(11)6(10)4-9-3-5-1-2-5/h5-6,9-10H,1-4H2,(H2,8,11). The lowest BCUT2D eigenvalue weighted by Crippen LogP contribution is -2.38. The van der Waals surface area contributed by atoms with Crippen LogP contribution in [0.15, 0.2) is 0 Å². The Morgan fingerprint density at radius 2 is 2.36 bits per heavy atom. The molecule has 1 unspecified atom stereocenters. The molecule has 0 aromatic rings. The molecule has 0 aromatic heterocycles. The molecule has 1 amide bonds. The van der Waals surface area contributed by atoms with Crippen molar-refractivity contribution in [1.29, 1.82) is 0 Å². The Hall–Kier alpha value is -0.610. The molecular weight excluding hydrogens is 144 g/mol. The summed E-state index contributed by atoms with van der Waals surface area (Å²) >= 11 is 0. The molecule has 1 fully saturated rings. The van der Waals surface area contributed by atoms with Gasteiger partial charge in [-0.05, 0) is 25.3 Å². The number of nitrogens with one attached hydrogen (secondary N) is 1. The van der Waals surface area contributed by atoms with Crippen LogP contribution >= 0.6 is 0 Å². The van der Waals surface area contributed by atoms with E-state index in [0.29, 0.717) is 0 Å². The molecule has 11 heavy (non-hydrogen) atoms. The Bertz CT molecular complexity index is 145. The molecule has 4 nitrogen and oxygen atoms in total. The molecule has 0 radical (unpaired) electrons. The van der Waals surface area contributed by atoms with Gasteiger partial charge in [-0.2, -0.15) is 0 Å². The summed E-state index contributed by atoms with van der Waals surface area (Å²) in [5.41, 5.74) is 4.84. The van der Waals surface area contributed by atoms with Gasteiger partial charge >= 0.3 is 0 Å². The highest BCUT2D eigenvalue weighted by Crippen LogP contribution is 2.27. The van der Waals surface area contributed by atoms with Crippen molar-refractivity contribution < 1.29 is 9.90 Å². The van der Waals surface area contributed by atoms with Gasteiger partial charge in [0.1, 0.15) is 6.10 Å². The van der Waals surface area contributed by atoms with E-state index >= 15 is 0 Å². The predicted octanol–water partition coefficient (Wildman–Crippen LogP) is -1.17. The molecule has 0 heterocycles. The van der Waals surface area contributed by atoms with Crippen LogP contribution < -0.4 is 11.1 Å². The summed E-state index contributed by atoms with van der Waals surface area (Å²) in [5, 5.41) is 11.9. The van der Waals surface area contributed by atoms with Crippen LogP contribution in [0.2, 0.25) is 0 Å². The minimum atomic E-state index is -1.03. The minimum absolute atomic E-state index is 0.284.